The van der Waals surface area contributed by atoms with E-state index in [0.29, 0.717) is 29.5 Å². The van der Waals surface area contributed by atoms with E-state index in [1.165, 1.54) is 17.7 Å². The molecule has 0 aliphatic heterocycles. The molecule has 0 amide bonds. The van der Waals surface area contributed by atoms with E-state index in [9.17, 15) is 13.6 Å². The first-order chi connectivity index (χ1) is 13.6. The Morgan fingerprint density at radius 3 is 2.54 bits per heavy atom. The predicted molar refractivity (Wildman–Crippen MR) is 105 cm³/mol. The van der Waals surface area contributed by atoms with Crippen LogP contribution in [0.1, 0.15) is 49.1 Å². The van der Waals surface area contributed by atoms with Crippen molar-refractivity contribution >= 4 is 11.1 Å². The molecule has 2 aromatic carbocycles. The molecular formula is C22H24F2N2O2. The Labute approximate surface area is 162 Å². The van der Waals surface area contributed by atoms with Crippen LogP contribution in [0.25, 0.3) is 11.1 Å². The van der Waals surface area contributed by atoms with Crippen molar-refractivity contribution in [3.05, 3.63) is 69.7 Å². The second-order valence-corrected chi connectivity index (χ2v) is 7.65. The normalized spacial score (nSPS) is 19.9. The van der Waals surface area contributed by atoms with E-state index in [1.54, 1.807) is 0 Å². The zero-order valence-electron chi connectivity index (χ0n) is 15.6. The van der Waals surface area contributed by atoms with Crippen LogP contribution in [0.3, 0.4) is 0 Å². The number of aromatic nitrogens is 1. The van der Waals surface area contributed by atoms with Crippen molar-refractivity contribution in [2.75, 3.05) is 6.54 Å². The van der Waals surface area contributed by atoms with Crippen LogP contribution in [0.4, 0.5) is 8.78 Å². The van der Waals surface area contributed by atoms with Crippen molar-refractivity contribution in [2.45, 2.75) is 50.5 Å². The highest BCUT2D eigenvalue weighted by Gasteiger charge is 2.22. The molecule has 2 N–H and O–H groups in total. The molecule has 1 aliphatic carbocycles. The van der Waals surface area contributed by atoms with E-state index in [1.807, 2.05) is 12.1 Å². The first-order valence-corrected chi connectivity index (χ1v) is 9.88. The lowest BCUT2D eigenvalue weighted by Gasteiger charge is -2.29. The molecule has 1 aliphatic rings. The third-order valence-electron chi connectivity index (χ3n) is 5.64. The molecule has 0 radical (unpaired) electrons. The molecule has 0 bridgehead atoms. The fraction of sp³-hybridized carbons (Fsp3) is 0.409. The van der Waals surface area contributed by atoms with Crippen molar-refractivity contribution in [3.8, 4) is 0 Å². The van der Waals surface area contributed by atoms with Gasteiger partial charge in [-0.3, -0.25) is 4.98 Å². The molecule has 0 atom stereocenters. The van der Waals surface area contributed by atoms with Crippen LogP contribution >= 0.6 is 0 Å². The van der Waals surface area contributed by atoms with Gasteiger partial charge in [0, 0.05) is 12.1 Å². The van der Waals surface area contributed by atoms with Gasteiger partial charge < -0.3 is 9.73 Å². The third-order valence-corrected chi connectivity index (χ3v) is 5.64. The summed E-state index contributed by atoms with van der Waals surface area (Å²) in [5.41, 5.74) is 3.29. The summed E-state index contributed by atoms with van der Waals surface area (Å²) in [6.45, 7) is 0.841. The molecule has 1 heterocycles. The van der Waals surface area contributed by atoms with Gasteiger partial charge in [-0.25, -0.2) is 13.6 Å². The molecule has 1 aromatic heterocycles. The fourth-order valence-electron chi connectivity index (χ4n) is 4.20. The molecule has 3 aromatic rings. The van der Waals surface area contributed by atoms with E-state index in [4.69, 9.17) is 4.42 Å². The lowest BCUT2D eigenvalue weighted by atomic mass is 9.81. The quantitative estimate of drug-likeness (QED) is 0.607. The zero-order valence-corrected chi connectivity index (χ0v) is 15.6. The van der Waals surface area contributed by atoms with Gasteiger partial charge in [0.2, 0.25) is 0 Å². The molecule has 4 nitrogen and oxygen atoms in total. The van der Waals surface area contributed by atoms with E-state index >= 15 is 0 Å². The van der Waals surface area contributed by atoms with Crippen molar-refractivity contribution in [3.63, 3.8) is 0 Å². The average molecular weight is 386 g/mol. The van der Waals surface area contributed by atoms with Gasteiger partial charge in [0.1, 0.15) is 11.6 Å². The van der Waals surface area contributed by atoms with Gasteiger partial charge in [0.15, 0.2) is 5.58 Å². The maximum absolute atomic E-state index is 13.2. The topological polar surface area (TPSA) is 58.0 Å². The van der Waals surface area contributed by atoms with Crippen LogP contribution < -0.4 is 11.1 Å². The summed E-state index contributed by atoms with van der Waals surface area (Å²) in [6.07, 6.45) is 5.88. The SMILES string of the molecule is O=c1[nH]c2ccc([C@H]3CC[C@H](NCCCc4cc(F)cc(F)c4)CC3)cc2o1. The van der Waals surface area contributed by atoms with Crippen LogP contribution in [-0.2, 0) is 6.42 Å². The van der Waals surface area contributed by atoms with E-state index < -0.39 is 17.4 Å². The van der Waals surface area contributed by atoms with Crippen molar-refractivity contribution in [1.82, 2.24) is 10.3 Å². The van der Waals surface area contributed by atoms with Gasteiger partial charge in [0.05, 0.1) is 5.52 Å². The lowest BCUT2D eigenvalue weighted by Crippen LogP contribution is -2.33. The molecule has 0 spiro atoms. The number of nitrogens with one attached hydrogen (secondary N) is 2. The largest absolute Gasteiger partial charge is 0.417 e. The van der Waals surface area contributed by atoms with Crippen LogP contribution in [0, 0.1) is 11.6 Å². The van der Waals surface area contributed by atoms with Gasteiger partial charge >= 0.3 is 5.76 Å². The minimum absolute atomic E-state index is 0.416. The van der Waals surface area contributed by atoms with Crippen molar-refractivity contribution in [1.29, 1.82) is 0 Å². The highest BCUT2D eigenvalue weighted by molar-refractivity contribution is 5.72. The summed E-state index contributed by atoms with van der Waals surface area (Å²) in [4.78, 5) is 14.0. The van der Waals surface area contributed by atoms with Gasteiger partial charge in [-0.15, -0.1) is 0 Å². The summed E-state index contributed by atoms with van der Waals surface area (Å²) < 4.78 is 31.6. The van der Waals surface area contributed by atoms with Crippen LogP contribution in [0.15, 0.2) is 45.6 Å². The zero-order chi connectivity index (χ0) is 19.5. The Morgan fingerprint density at radius 1 is 1.04 bits per heavy atom. The molecule has 148 valence electrons. The number of hydrogen-bond donors (Lipinski definition) is 2. The predicted octanol–water partition coefficient (Wildman–Crippen LogP) is 4.65. The first kappa shape index (κ1) is 18.9. The molecule has 28 heavy (non-hydrogen) atoms. The Kier molecular flexibility index (Phi) is 5.57. The van der Waals surface area contributed by atoms with Crippen molar-refractivity contribution < 1.29 is 13.2 Å². The molecule has 6 heteroatoms. The van der Waals surface area contributed by atoms with E-state index in [2.05, 4.69) is 16.4 Å². The number of rotatable bonds is 6. The fourth-order valence-corrected chi connectivity index (χ4v) is 4.20. The first-order valence-electron chi connectivity index (χ1n) is 9.88. The smallest absolute Gasteiger partial charge is 0.408 e. The highest BCUT2D eigenvalue weighted by Crippen LogP contribution is 2.34. The van der Waals surface area contributed by atoms with Gasteiger partial charge in [-0.05, 0) is 86.4 Å². The number of H-pyrrole nitrogens is 1. The number of oxazole rings is 1. The summed E-state index contributed by atoms with van der Waals surface area (Å²) in [7, 11) is 0. The second-order valence-electron chi connectivity index (χ2n) is 7.65. The van der Waals surface area contributed by atoms with Crippen LogP contribution in [-0.4, -0.2) is 17.6 Å². The molecule has 0 unspecified atom stereocenters. The van der Waals surface area contributed by atoms with Crippen LogP contribution in [0.5, 0.6) is 0 Å². The summed E-state index contributed by atoms with van der Waals surface area (Å²) in [6, 6.07) is 10.1. The van der Waals surface area contributed by atoms with E-state index in [0.717, 1.165) is 50.2 Å². The summed E-state index contributed by atoms with van der Waals surface area (Å²) in [5.74, 6) is -0.962. The van der Waals surface area contributed by atoms with E-state index in [-0.39, 0.29) is 0 Å². The highest BCUT2D eigenvalue weighted by atomic mass is 19.1. The second kappa shape index (κ2) is 8.27. The van der Waals surface area contributed by atoms with Crippen LogP contribution in [0.2, 0.25) is 0 Å². The number of aryl methyl sites for hydroxylation is 1. The van der Waals surface area contributed by atoms with Gasteiger partial charge in [-0.2, -0.15) is 0 Å². The monoisotopic (exact) mass is 386 g/mol. The standard InChI is InChI=1S/C22H24F2N2O2/c23-17-10-14(11-18(24)13-17)2-1-9-25-19-6-3-15(4-7-19)16-5-8-20-21(12-16)28-22(27)26-20/h5,8,10-13,15,19,25H,1-4,6-7,9H2,(H,26,27)/t15-,19-. The molecular weight excluding hydrogens is 362 g/mol. The van der Waals surface area contributed by atoms with Crippen molar-refractivity contribution in [2.24, 2.45) is 0 Å². The van der Waals surface area contributed by atoms with Gasteiger partial charge in [0.25, 0.3) is 0 Å². The maximum atomic E-state index is 13.2. The lowest BCUT2D eigenvalue weighted by molar-refractivity contribution is 0.342. The summed E-state index contributed by atoms with van der Waals surface area (Å²) >= 11 is 0. The molecule has 0 saturated heterocycles. The number of halogens is 2. The number of fused-ring (bicyclic) bond motifs is 1. The minimum Gasteiger partial charge on any atom is -0.408 e. The Morgan fingerprint density at radius 2 is 1.79 bits per heavy atom. The molecule has 1 saturated carbocycles. The number of hydrogen-bond acceptors (Lipinski definition) is 3. The third kappa shape index (κ3) is 4.50. The summed E-state index contributed by atoms with van der Waals surface area (Å²) in [5, 5.41) is 3.57. The Balaban J connectivity index is 1.23. The number of benzene rings is 2. The average Bonchev–Trinajstić information content (AvgIpc) is 3.04. The molecule has 1 fully saturated rings. The minimum atomic E-state index is -0.515. The Hall–Kier alpha value is -2.47. The number of aromatic amines is 1. The Bertz CT molecular complexity index is 983. The van der Waals surface area contributed by atoms with Gasteiger partial charge in [-0.1, -0.05) is 6.07 Å². The maximum Gasteiger partial charge on any atom is 0.417 e. The molecule has 4 rings (SSSR count).